The summed E-state index contributed by atoms with van der Waals surface area (Å²) in [5, 5.41) is 8.36. The van der Waals surface area contributed by atoms with E-state index in [4.69, 9.17) is 5.11 Å². The molecule has 0 saturated heterocycles. The van der Waals surface area contributed by atoms with Crippen molar-refractivity contribution in [2.45, 2.75) is 6.42 Å². The third-order valence-electron chi connectivity index (χ3n) is 1.34. The van der Waals surface area contributed by atoms with Crippen LogP contribution in [-0.4, -0.2) is 32.5 Å². The number of aliphatic carboxylic acids is 1. The van der Waals surface area contributed by atoms with Gasteiger partial charge in [0.15, 0.2) is 0 Å². The van der Waals surface area contributed by atoms with Crippen molar-refractivity contribution in [3.63, 3.8) is 0 Å². The average Bonchev–Trinajstić information content (AvgIpc) is 2.14. The fraction of sp³-hybridized carbons (Fsp3) is 0.375. The van der Waals surface area contributed by atoms with Gasteiger partial charge in [0.2, 0.25) is 0 Å². The molecule has 0 radical (unpaired) electrons. The lowest BCUT2D eigenvalue weighted by Crippen LogP contribution is -2.00. The van der Waals surface area contributed by atoms with E-state index in [-0.39, 0.29) is 5.75 Å². The molecule has 0 aromatic carbocycles. The van der Waals surface area contributed by atoms with Gasteiger partial charge in [-0.15, -0.1) is 11.8 Å². The third-order valence-corrected chi connectivity index (χ3v) is 2.29. The fourth-order valence-corrected chi connectivity index (χ4v) is 1.47. The van der Waals surface area contributed by atoms with Gasteiger partial charge in [0.25, 0.3) is 0 Å². The number of carboxylic acid groups (broad SMARTS) is 1. The van der Waals surface area contributed by atoms with Crippen molar-refractivity contribution in [3.05, 3.63) is 24.3 Å². The van der Waals surface area contributed by atoms with E-state index in [1.165, 1.54) is 11.8 Å². The Morgan fingerprint density at radius 1 is 1.54 bits per heavy atom. The minimum Gasteiger partial charge on any atom is -0.481 e. The topological polar surface area (TPSA) is 63.1 Å². The van der Waals surface area contributed by atoms with E-state index in [1.807, 2.05) is 0 Å². The second-order valence-corrected chi connectivity index (χ2v) is 3.50. The van der Waals surface area contributed by atoms with Gasteiger partial charge in [0.1, 0.15) is 0 Å². The maximum Gasteiger partial charge on any atom is 0.313 e. The summed E-state index contributed by atoms with van der Waals surface area (Å²) >= 11 is 1.39. The summed E-state index contributed by atoms with van der Waals surface area (Å²) < 4.78 is 0. The van der Waals surface area contributed by atoms with Gasteiger partial charge in [-0.2, -0.15) is 0 Å². The molecule has 70 valence electrons. The highest BCUT2D eigenvalue weighted by Crippen LogP contribution is 2.03. The normalized spacial score (nSPS) is 9.85. The molecule has 0 atom stereocenters. The molecule has 1 N–H and O–H groups in total. The molecule has 0 unspecified atom stereocenters. The lowest BCUT2D eigenvalue weighted by molar-refractivity contribution is -0.133. The van der Waals surface area contributed by atoms with E-state index in [9.17, 15) is 4.79 Å². The van der Waals surface area contributed by atoms with E-state index in [0.717, 1.165) is 17.9 Å². The Morgan fingerprint density at radius 3 is 3.00 bits per heavy atom. The number of carbonyl (C=O) groups is 1. The van der Waals surface area contributed by atoms with Crippen LogP contribution in [0.2, 0.25) is 0 Å². The average molecular weight is 198 g/mol. The fourth-order valence-electron chi connectivity index (χ4n) is 0.795. The number of nitrogens with zero attached hydrogens (tertiary/aromatic N) is 2. The Labute approximate surface area is 80.4 Å². The maximum atomic E-state index is 10.2. The molecule has 13 heavy (non-hydrogen) atoms. The summed E-state index contributed by atoms with van der Waals surface area (Å²) in [5.41, 5.74) is 0.903. The van der Waals surface area contributed by atoms with Gasteiger partial charge in [0, 0.05) is 25.0 Å². The van der Waals surface area contributed by atoms with Crippen LogP contribution < -0.4 is 0 Å². The van der Waals surface area contributed by atoms with Gasteiger partial charge in [-0.3, -0.25) is 14.8 Å². The van der Waals surface area contributed by atoms with Gasteiger partial charge >= 0.3 is 5.97 Å². The van der Waals surface area contributed by atoms with Gasteiger partial charge in [-0.25, -0.2) is 0 Å². The first-order valence-corrected chi connectivity index (χ1v) is 4.99. The SMILES string of the molecule is O=C(O)CSCCc1cnccn1. The Bertz CT molecular complexity index is 266. The van der Waals surface area contributed by atoms with Crippen LogP contribution in [0.15, 0.2) is 18.6 Å². The molecule has 0 bridgehead atoms. The van der Waals surface area contributed by atoms with Gasteiger partial charge < -0.3 is 5.11 Å². The van der Waals surface area contributed by atoms with Gasteiger partial charge in [0.05, 0.1) is 11.4 Å². The van der Waals surface area contributed by atoms with Crippen LogP contribution in [0.4, 0.5) is 0 Å². The number of aryl methyl sites for hydroxylation is 1. The van der Waals surface area contributed by atoms with Crippen molar-refractivity contribution in [1.29, 1.82) is 0 Å². The highest BCUT2D eigenvalue weighted by molar-refractivity contribution is 7.99. The van der Waals surface area contributed by atoms with Crippen molar-refractivity contribution < 1.29 is 9.90 Å². The van der Waals surface area contributed by atoms with Crippen LogP contribution in [0.25, 0.3) is 0 Å². The summed E-state index contributed by atoms with van der Waals surface area (Å²) in [6.07, 6.45) is 5.72. The van der Waals surface area contributed by atoms with Crippen molar-refractivity contribution in [2.75, 3.05) is 11.5 Å². The number of thioether (sulfide) groups is 1. The van der Waals surface area contributed by atoms with Crippen LogP contribution in [0, 0.1) is 0 Å². The molecule has 1 aromatic heterocycles. The third kappa shape index (κ3) is 4.47. The molecule has 0 spiro atoms. The van der Waals surface area contributed by atoms with E-state index in [1.54, 1.807) is 18.6 Å². The molecule has 1 rings (SSSR count). The predicted molar refractivity (Wildman–Crippen MR) is 50.7 cm³/mol. The Balaban J connectivity index is 2.17. The molecule has 0 amide bonds. The van der Waals surface area contributed by atoms with Gasteiger partial charge in [-0.05, 0) is 5.75 Å². The summed E-state index contributed by atoms with van der Waals surface area (Å²) in [6.45, 7) is 0. The molecule has 0 saturated carbocycles. The molecule has 0 fully saturated rings. The highest BCUT2D eigenvalue weighted by atomic mass is 32.2. The zero-order chi connectivity index (χ0) is 9.52. The van der Waals surface area contributed by atoms with Crippen molar-refractivity contribution >= 4 is 17.7 Å². The molecule has 1 heterocycles. The first-order chi connectivity index (χ1) is 6.29. The molecule has 1 aromatic rings. The van der Waals surface area contributed by atoms with E-state index in [0.29, 0.717) is 0 Å². The summed E-state index contributed by atoms with van der Waals surface area (Å²) in [5.74, 6) is 0.148. The quantitative estimate of drug-likeness (QED) is 0.710. The van der Waals surface area contributed by atoms with Crippen LogP contribution >= 0.6 is 11.8 Å². The van der Waals surface area contributed by atoms with E-state index in [2.05, 4.69) is 9.97 Å². The maximum absolute atomic E-state index is 10.2. The smallest absolute Gasteiger partial charge is 0.313 e. The lowest BCUT2D eigenvalue weighted by atomic mass is 10.4. The summed E-state index contributed by atoms with van der Waals surface area (Å²) in [4.78, 5) is 18.1. The minimum atomic E-state index is -0.774. The van der Waals surface area contributed by atoms with Crippen molar-refractivity contribution in [3.8, 4) is 0 Å². The number of hydrogen-bond acceptors (Lipinski definition) is 4. The molecular weight excluding hydrogens is 188 g/mol. The molecule has 4 nitrogen and oxygen atoms in total. The van der Waals surface area contributed by atoms with E-state index >= 15 is 0 Å². The number of rotatable bonds is 5. The molecule has 5 heteroatoms. The van der Waals surface area contributed by atoms with Crippen LogP contribution in [-0.2, 0) is 11.2 Å². The van der Waals surface area contributed by atoms with Gasteiger partial charge in [-0.1, -0.05) is 0 Å². The lowest BCUT2D eigenvalue weighted by Gasteiger charge is -1.97. The first kappa shape index (κ1) is 9.98. The zero-order valence-corrected chi connectivity index (χ0v) is 7.83. The highest BCUT2D eigenvalue weighted by Gasteiger charge is 1.98. The van der Waals surface area contributed by atoms with Crippen molar-refractivity contribution in [2.24, 2.45) is 0 Å². The predicted octanol–water partition coefficient (Wildman–Crippen LogP) is 0.837. The number of aromatic nitrogens is 2. The Kier molecular flexibility index (Phi) is 4.25. The van der Waals surface area contributed by atoms with E-state index < -0.39 is 5.97 Å². The molecular formula is C8H10N2O2S. The summed E-state index contributed by atoms with van der Waals surface area (Å²) in [7, 11) is 0. The Morgan fingerprint density at radius 2 is 2.38 bits per heavy atom. The van der Waals surface area contributed by atoms with Crippen LogP contribution in [0.1, 0.15) is 5.69 Å². The summed E-state index contributed by atoms with van der Waals surface area (Å²) in [6, 6.07) is 0. The largest absolute Gasteiger partial charge is 0.481 e. The second-order valence-electron chi connectivity index (χ2n) is 2.39. The van der Waals surface area contributed by atoms with Crippen LogP contribution in [0.3, 0.4) is 0 Å². The minimum absolute atomic E-state index is 0.153. The first-order valence-electron chi connectivity index (χ1n) is 3.83. The zero-order valence-electron chi connectivity index (χ0n) is 7.01. The second kappa shape index (κ2) is 5.53. The van der Waals surface area contributed by atoms with Crippen LogP contribution in [0.5, 0.6) is 0 Å². The van der Waals surface area contributed by atoms with Crippen molar-refractivity contribution in [1.82, 2.24) is 9.97 Å². The molecule has 0 aliphatic carbocycles. The monoisotopic (exact) mass is 198 g/mol. The number of carboxylic acids is 1. The molecule has 0 aliphatic rings. The standard InChI is InChI=1S/C8H10N2O2S/c11-8(12)6-13-4-1-7-5-9-2-3-10-7/h2-3,5H,1,4,6H2,(H,11,12). The Hall–Kier alpha value is -1.10. The molecule has 0 aliphatic heterocycles. The number of hydrogen-bond donors (Lipinski definition) is 1.